The molecule has 0 saturated carbocycles. The molecule has 2 aliphatic heterocycles. The second-order valence-corrected chi connectivity index (χ2v) is 4.53. The van der Waals surface area contributed by atoms with Crippen LogP contribution in [0.25, 0.3) is 0 Å². The molecule has 2 fully saturated rings. The topological polar surface area (TPSA) is 50.4 Å². The molecule has 2 rings (SSSR count). The van der Waals surface area contributed by atoms with Crippen LogP contribution in [0.2, 0.25) is 0 Å². The fourth-order valence-corrected chi connectivity index (χ4v) is 2.81. The highest BCUT2D eigenvalue weighted by Gasteiger charge is 2.46. The molecule has 0 aromatic heterocycles. The van der Waals surface area contributed by atoms with Gasteiger partial charge in [-0.05, 0) is 0 Å². The zero-order valence-electron chi connectivity index (χ0n) is 6.92. The average molecular weight is 188 g/mol. The second-order valence-electron chi connectivity index (χ2n) is 3.13. The van der Waals surface area contributed by atoms with Gasteiger partial charge in [-0.15, -0.1) is 11.8 Å². The van der Waals surface area contributed by atoms with Gasteiger partial charge < -0.3 is 10.1 Å². The van der Waals surface area contributed by atoms with Crippen LogP contribution in [0.4, 0.5) is 0 Å². The van der Waals surface area contributed by atoms with Gasteiger partial charge in [0.2, 0.25) is 0 Å². The summed E-state index contributed by atoms with van der Waals surface area (Å²) in [5, 5.41) is 6.47. The Hall–Kier alpha value is -0.260. The lowest BCUT2D eigenvalue weighted by molar-refractivity contribution is -0.142. The van der Waals surface area contributed by atoms with E-state index in [0.29, 0.717) is 0 Å². The first kappa shape index (κ1) is 8.34. The number of ether oxygens (including phenoxy) is 1. The van der Waals surface area contributed by atoms with Crippen molar-refractivity contribution in [3.63, 3.8) is 0 Å². The van der Waals surface area contributed by atoms with Crippen LogP contribution in [0.1, 0.15) is 0 Å². The normalized spacial score (nSPS) is 31.6. The number of esters is 1. The summed E-state index contributed by atoms with van der Waals surface area (Å²) < 4.78 is 4.66. The third-order valence-electron chi connectivity index (χ3n) is 2.27. The summed E-state index contributed by atoms with van der Waals surface area (Å²) in [4.78, 5) is 11.2. The summed E-state index contributed by atoms with van der Waals surface area (Å²) in [6.45, 7) is 1.90. The Morgan fingerprint density at radius 2 is 2.42 bits per heavy atom. The molecule has 0 aliphatic carbocycles. The molecule has 1 atom stereocenters. The van der Waals surface area contributed by atoms with Crippen molar-refractivity contribution < 1.29 is 9.53 Å². The molecule has 0 unspecified atom stereocenters. The molecule has 0 radical (unpaired) electrons. The van der Waals surface area contributed by atoms with Crippen molar-refractivity contribution in [2.24, 2.45) is 0 Å². The van der Waals surface area contributed by atoms with E-state index in [1.54, 1.807) is 0 Å². The zero-order chi connectivity index (χ0) is 8.60. The molecule has 5 heteroatoms. The zero-order valence-corrected chi connectivity index (χ0v) is 7.74. The molecule has 0 aromatic carbocycles. The molecule has 2 saturated heterocycles. The first-order chi connectivity index (χ1) is 5.76. The smallest absolute Gasteiger partial charge is 0.323 e. The molecule has 0 bridgehead atoms. The standard InChI is InChI=1S/C7H12N2O2S/c1-11-6(10)5-2-12-7(9-5)3-8-4-7/h5,8-9H,2-4H2,1H3/t5-/m0/s1. The monoisotopic (exact) mass is 188 g/mol. The lowest BCUT2D eigenvalue weighted by Gasteiger charge is -2.38. The highest BCUT2D eigenvalue weighted by Crippen LogP contribution is 2.33. The lowest BCUT2D eigenvalue weighted by Crippen LogP contribution is -2.65. The van der Waals surface area contributed by atoms with Crippen LogP contribution in [0.15, 0.2) is 0 Å². The minimum Gasteiger partial charge on any atom is -0.468 e. The molecule has 4 nitrogen and oxygen atoms in total. The van der Waals surface area contributed by atoms with Crippen LogP contribution >= 0.6 is 11.8 Å². The first-order valence-corrected chi connectivity index (χ1v) is 4.94. The van der Waals surface area contributed by atoms with Crippen molar-refractivity contribution in [3.8, 4) is 0 Å². The number of methoxy groups -OCH3 is 1. The number of rotatable bonds is 1. The van der Waals surface area contributed by atoms with Gasteiger partial charge in [0.15, 0.2) is 0 Å². The Labute approximate surface area is 75.4 Å². The van der Waals surface area contributed by atoms with Crippen LogP contribution in [0, 0.1) is 0 Å². The number of hydrogen-bond donors (Lipinski definition) is 2. The van der Waals surface area contributed by atoms with E-state index in [4.69, 9.17) is 0 Å². The SMILES string of the molecule is COC(=O)[C@@H]1CSC2(CNC2)N1. The fourth-order valence-electron chi connectivity index (χ4n) is 1.47. The molecule has 0 amide bonds. The van der Waals surface area contributed by atoms with Crippen LogP contribution in [-0.2, 0) is 9.53 Å². The van der Waals surface area contributed by atoms with Gasteiger partial charge in [0.25, 0.3) is 0 Å². The molecular formula is C7H12N2O2S. The Bertz CT molecular complexity index is 206. The molecular weight excluding hydrogens is 176 g/mol. The van der Waals surface area contributed by atoms with Crippen molar-refractivity contribution in [1.82, 2.24) is 10.6 Å². The van der Waals surface area contributed by atoms with Gasteiger partial charge in [-0.2, -0.15) is 0 Å². The minimum absolute atomic E-state index is 0.109. The molecule has 2 heterocycles. The summed E-state index contributed by atoms with van der Waals surface area (Å²) in [7, 11) is 1.43. The highest BCUT2D eigenvalue weighted by atomic mass is 32.2. The van der Waals surface area contributed by atoms with Crippen LogP contribution in [-0.4, -0.2) is 42.8 Å². The fraction of sp³-hybridized carbons (Fsp3) is 0.857. The maximum absolute atomic E-state index is 11.1. The summed E-state index contributed by atoms with van der Waals surface area (Å²) in [6.07, 6.45) is 0. The predicted octanol–water partition coefficient (Wildman–Crippen LogP) is -0.836. The maximum atomic E-state index is 11.1. The molecule has 2 aliphatic rings. The maximum Gasteiger partial charge on any atom is 0.323 e. The number of thioether (sulfide) groups is 1. The second kappa shape index (κ2) is 2.90. The van der Waals surface area contributed by atoms with E-state index in [2.05, 4.69) is 15.4 Å². The number of hydrogen-bond acceptors (Lipinski definition) is 5. The van der Waals surface area contributed by atoms with Gasteiger partial charge in [-0.3, -0.25) is 10.1 Å². The van der Waals surface area contributed by atoms with E-state index in [-0.39, 0.29) is 16.9 Å². The van der Waals surface area contributed by atoms with Crippen LogP contribution in [0.3, 0.4) is 0 Å². The van der Waals surface area contributed by atoms with Gasteiger partial charge in [0.1, 0.15) is 6.04 Å². The van der Waals surface area contributed by atoms with Crippen LogP contribution < -0.4 is 10.6 Å². The van der Waals surface area contributed by atoms with Crippen molar-refractivity contribution in [2.75, 3.05) is 26.0 Å². The average Bonchev–Trinajstić information content (AvgIpc) is 2.46. The summed E-state index contributed by atoms with van der Waals surface area (Å²) in [5.41, 5.74) is 0. The summed E-state index contributed by atoms with van der Waals surface area (Å²) >= 11 is 1.81. The summed E-state index contributed by atoms with van der Waals surface area (Å²) in [6, 6.07) is -0.109. The number of nitrogens with one attached hydrogen (secondary N) is 2. The van der Waals surface area contributed by atoms with Gasteiger partial charge >= 0.3 is 5.97 Å². The van der Waals surface area contributed by atoms with E-state index < -0.39 is 0 Å². The molecule has 68 valence electrons. The molecule has 12 heavy (non-hydrogen) atoms. The predicted molar refractivity (Wildman–Crippen MR) is 47.0 cm³/mol. The molecule has 1 spiro atoms. The van der Waals surface area contributed by atoms with Crippen LogP contribution in [0.5, 0.6) is 0 Å². The van der Waals surface area contributed by atoms with Gasteiger partial charge in [-0.1, -0.05) is 0 Å². The number of carbonyl (C=O) groups excluding carboxylic acids is 1. The Morgan fingerprint density at radius 3 is 2.83 bits per heavy atom. The van der Waals surface area contributed by atoms with Crippen molar-refractivity contribution >= 4 is 17.7 Å². The Balaban J connectivity index is 1.93. The minimum atomic E-state index is -0.147. The van der Waals surface area contributed by atoms with Crippen molar-refractivity contribution in [2.45, 2.75) is 10.9 Å². The first-order valence-electron chi connectivity index (χ1n) is 3.96. The van der Waals surface area contributed by atoms with E-state index in [1.165, 1.54) is 7.11 Å². The van der Waals surface area contributed by atoms with Crippen molar-refractivity contribution in [3.05, 3.63) is 0 Å². The third kappa shape index (κ3) is 1.22. The lowest BCUT2D eigenvalue weighted by atomic mass is 10.1. The number of carbonyl (C=O) groups is 1. The molecule has 2 N–H and O–H groups in total. The third-order valence-corrected chi connectivity index (χ3v) is 3.73. The molecule has 0 aromatic rings. The van der Waals surface area contributed by atoms with E-state index in [9.17, 15) is 4.79 Å². The highest BCUT2D eigenvalue weighted by molar-refractivity contribution is 8.01. The van der Waals surface area contributed by atoms with E-state index in [1.807, 2.05) is 11.8 Å². The largest absolute Gasteiger partial charge is 0.468 e. The summed E-state index contributed by atoms with van der Waals surface area (Å²) in [5.74, 6) is 0.681. The Kier molecular flexibility index (Phi) is 2.02. The van der Waals surface area contributed by atoms with Gasteiger partial charge in [0.05, 0.1) is 12.0 Å². The van der Waals surface area contributed by atoms with Gasteiger partial charge in [0, 0.05) is 18.8 Å². The van der Waals surface area contributed by atoms with E-state index >= 15 is 0 Å². The quantitative estimate of drug-likeness (QED) is 0.526. The Morgan fingerprint density at radius 1 is 1.67 bits per heavy atom. The van der Waals surface area contributed by atoms with Gasteiger partial charge in [-0.25, -0.2) is 0 Å². The van der Waals surface area contributed by atoms with E-state index in [0.717, 1.165) is 18.8 Å². The van der Waals surface area contributed by atoms with Crippen molar-refractivity contribution in [1.29, 1.82) is 0 Å².